The first-order valence-electron chi connectivity index (χ1n) is 6.34. The van der Waals surface area contributed by atoms with Crippen LogP contribution in [0, 0.1) is 12.8 Å². The Hall–Kier alpha value is -1.36. The van der Waals surface area contributed by atoms with E-state index < -0.39 is 15.8 Å². The van der Waals surface area contributed by atoms with Gasteiger partial charge in [-0.25, -0.2) is 13.2 Å². The van der Waals surface area contributed by atoms with Crippen molar-refractivity contribution < 1.29 is 18.3 Å². The molecular formula is C14H20O4S. The molecule has 1 N–H and O–H groups in total. The molecule has 0 aliphatic carbocycles. The van der Waals surface area contributed by atoms with Gasteiger partial charge in [0, 0.05) is 0 Å². The molecule has 0 bridgehead atoms. The van der Waals surface area contributed by atoms with E-state index in [2.05, 4.69) is 0 Å². The monoisotopic (exact) mass is 284 g/mol. The fourth-order valence-corrected chi connectivity index (χ4v) is 3.75. The van der Waals surface area contributed by atoms with E-state index in [1.54, 1.807) is 13.0 Å². The maximum atomic E-state index is 12.2. The lowest BCUT2D eigenvalue weighted by Gasteiger charge is -2.12. The molecule has 0 aliphatic rings. The van der Waals surface area contributed by atoms with Crippen LogP contribution < -0.4 is 0 Å². The van der Waals surface area contributed by atoms with E-state index in [0.717, 1.165) is 12.8 Å². The standard InChI is InChI=1S/C14H20O4S/c1-4-5-10(2)9-19(17,18)12-7-6-11(3)13(8-12)14(15)16/h6-8,10H,4-5,9H2,1-3H3,(H,15,16). The number of aryl methyl sites for hydroxylation is 1. The molecule has 0 aliphatic heterocycles. The van der Waals surface area contributed by atoms with Crippen molar-refractivity contribution in [3.8, 4) is 0 Å². The van der Waals surface area contributed by atoms with Crippen LogP contribution in [0.25, 0.3) is 0 Å². The topological polar surface area (TPSA) is 71.4 Å². The Morgan fingerprint density at radius 3 is 2.53 bits per heavy atom. The van der Waals surface area contributed by atoms with Crippen LogP contribution >= 0.6 is 0 Å². The summed E-state index contributed by atoms with van der Waals surface area (Å²) in [5.41, 5.74) is 0.609. The van der Waals surface area contributed by atoms with Gasteiger partial charge in [-0.1, -0.05) is 26.3 Å². The second-order valence-electron chi connectivity index (χ2n) is 4.96. The predicted octanol–water partition coefficient (Wildman–Crippen LogP) is 2.90. The minimum atomic E-state index is -3.42. The molecule has 0 spiro atoms. The number of carbonyl (C=O) groups is 1. The van der Waals surface area contributed by atoms with Crippen LogP contribution in [-0.2, 0) is 9.84 Å². The molecule has 0 radical (unpaired) electrons. The molecule has 0 saturated heterocycles. The summed E-state index contributed by atoms with van der Waals surface area (Å²) >= 11 is 0. The van der Waals surface area contributed by atoms with Crippen LogP contribution in [0.2, 0.25) is 0 Å². The third-order valence-electron chi connectivity index (χ3n) is 3.08. The molecule has 1 atom stereocenters. The predicted molar refractivity (Wildman–Crippen MR) is 74.3 cm³/mol. The Morgan fingerprint density at radius 2 is 2.00 bits per heavy atom. The van der Waals surface area contributed by atoms with Gasteiger partial charge in [-0.05, 0) is 37.0 Å². The number of aromatic carboxylic acids is 1. The lowest BCUT2D eigenvalue weighted by molar-refractivity contribution is 0.0696. The van der Waals surface area contributed by atoms with Gasteiger partial charge in [0.05, 0.1) is 16.2 Å². The third-order valence-corrected chi connectivity index (χ3v) is 5.06. The molecule has 0 heterocycles. The van der Waals surface area contributed by atoms with Gasteiger partial charge in [0.25, 0.3) is 0 Å². The summed E-state index contributed by atoms with van der Waals surface area (Å²) in [5.74, 6) is -0.969. The van der Waals surface area contributed by atoms with Crippen LogP contribution in [0.1, 0.15) is 42.6 Å². The van der Waals surface area contributed by atoms with Gasteiger partial charge in [-0.2, -0.15) is 0 Å². The van der Waals surface area contributed by atoms with Crippen molar-refractivity contribution in [3.05, 3.63) is 29.3 Å². The third kappa shape index (κ3) is 4.06. The molecule has 1 aromatic carbocycles. The number of sulfone groups is 1. The normalized spacial score (nSPS) is 13.2. The zero-order valence-electron chi connectivity index (χ0n) is 11.5. The van der Waals surface area contributed by atoms with Crippen molar-refractivity contribution in [2.45, 2.75) is 38.5 Å². The second-order valence-corrected chi connectivity index (χ2v) is 6.99. The quantitative estimate of drug-likeness (QED) is 0.872. The van der Waals surface area contributed by atoms with E-state index >= 15 is 0 Å². The molecule has 5 heteroatoms. The van der Waals surface area contributed by atoms with E-state index in [9.17, 15) is 13.2 Å². The van der Waals surface area contributed by atoms with Crippen molar-refractivity contribution in [3.63, 3.8) is 0 Å². The van der Waals surface area contributed by atoms with Crippen LogP contribution in [0.4, 0.5) is 0 Å². The minimum absolute atomic E-state index is 0.0456. The molecule has 0 saturated carbocycles. The summed E-state index contributed by atoms with van der Waals surface area (Å²) in [6.07, 6.45) is 1.78. The molecule has 0 fully saturated rings. The minimum Gasteiger partial charge on any atom is -0.478 e. The molecule has 19 heavy (non-hydrogen) atoms. The van der Waals surface area contributed by atoms with E-state index in [1.807, 2.05) is 13.8 Å². The molecule has 1 unspecified atom stereocenters. The summed E-state index contributed by atoms with van der Waals surface area (Å²) in [6, 6.07) is 4.28. The highest BCUT2D eigenvalue weighted by molar-refractivity contribution is 7.91. The van der Waals surface area contributed by atoms with E-state index in [0.29, 0.717) is 5.56 Å². The van der Waals surface area contributed by atoms with Crippen molar-refractivity contribution in [1.82, 2.24) is 0 Å². The largest absolute Gasteiger partial charge is 0.478 e. The van der Waals surface area contributed by atoms with Crippen molar-refractivity contribution in [2.75, 3.05) is 5.75 Å². The smallest absolute Gasteiger partial charge is 0.335 e. The van der Waals surface area contributed by atoms with Crippen LogP contribution in [0.3, 0.4) is 0 Å². The van der Waals surface area contributed by atoms with Gasteiger partial charge in [0.1, 0.15) is 0 Å². The van der Waals surface area contributed by atoms with Gasteiger partial charge < -0.3 is 5.11 Å². The van der Waals surface area contributed by atoms with Crippen LogP contribution in [0.15, 0.2) is 23.1 Å². The second kappa shape index (κ2) is 6.19. The molecule has 4 nitrogen and oxygen atoms in total. The van der Waals surface area contributed by atoms with Gasteiger partial charge in [-0.15, -0.1) is 0 Å². The summed E-state index contributed by atoms with van der Waals surface area (Å²) < 4.78 is 24.4. The summed E-state index contributed by atoms with van der Waals surface area (Å²) in [7, 11) is -3.42. The first-order valence-corrected chi connectivity index (χ1v) is 8.00. The van der Waals surface area contributed by atoms with Crippen molar-refractivity contribution in [1.29, 1.82) is 0 Å². The van der Waals surface area contributed by atoms with Crippen LogP contribution in [-0.4, -0.2) is 25.2 Å². The molecule has 0 amide bonds. The van der Waals surface area contributed by atoms with E-state index in [4.69, 9.17) is 5.11 Å². The number of hydrogen-bond acceptors (Lipinski definition) is 3. The Bertz CT molecular complexity index is 561. The summed E-state index contributed by atoms with van der Waals surface area (Å²) in [5, 5.41) is 9.03. The highest BCUT2D eigenvalue weighted by Gasteiger charge is 2.20. The fraction of sp³-hybridized carbons (Fsp3) is 0.500. The lowest BCUT2D eigenvalue weighted by atomic mass is 10.1. The number of hydrogen-bond donors (Lipinski definition) is 1. The number of rotatable bonds is 6. The molecule has 1 aromatic rings. The SMILES string of the molecule is CCCC(C)CS(=O)(=O)c1ccc(C)c(C(=O)O)c1. The maximum Gasteiger partial charge on any atom is 0.335 e. The highest BCUT2D eigenvalue weighted by atomic mass is 32.2. The maximum absolute atomic E-state index is 12.2. The highest BCUT2D eigenvalue weighted by Crippen LogP contribution is 2.20. The number of benzene rings is 1. The average molecular weight is 284 g/mol. The molecular weight excluding hydrogens is 264 g/mol. The first-order chi connectivity index (χ1) is 8.77. The van der Waals surface area contributed by atoms with E-state index in [-0.39, 0.29) is 22.1 Å². The molecule has 106 valence electrons. The van der Waals surface area contributed by atoms with Crippen LogP contribution in [0.5, 0.6) is 0 Å². The zero-order chi connectivity index (χ0) is 14.6. The number of carboxylic acids is 1. The summed E-state index contributed by atoms with van der Waals surface area (Å²) in [4.78, 5) is 11.1. The fourth-order valence-electron chi connectivity index (χ4n) is 2.07. The van der Waals surface area contributed by atoms with E-state index in [1.165, 1.54) is 12.1 Å². The number of carboxylic acid groups (broad SMARTS) is 1. The van der Waals surface area contributed by atoms with Crippen molar-refractivity contribution in [2.24, 2.45) is 5.92 Å². The lowest BCUT2D eigenvalue weighted by Crippen LogP contribution is -2.15. The Morgan fingerprint density at radius 1 is 1.37 bits per heavy atom. The Kier molecular flexibility index (Phi) is 5.11. The molecule has 1 rings (SSSR count). The van der Waals surface area contributed by atoms with Crippen molar-refractivity contribution >= 4 is 15.8 Å². The van der Waals surface area contributed by atoms with Gasteiger partial charge in [-0.3, -0.25) is 0 Å². The average Bonchev–Trinajstić information content (AvgIpc) is 2.28. The van der Waals surface area contributed by atoms with Gasteiger partial charge in [0.2, 0.25) is 0 Å². The Labute approximate surface area is 114 Å². The molecule has 0 aromatic heterocycles. The summed E-state index contributed by atoms with van der Waals surface area (Å²) in [6.45, 7) is 5.56. The Balaban J connectivity index is 3.08. The van der Waals surface area contributed by atoms with Gasteiger partial charge in [0.15, 0.2) is 9.84 Å². The zero-order valence-corrected chi connectivity index (χ0v) is 12.3. The first kappa shape index (κ1) is 15.7. The van der Waals surface area contributed by atoms with Gasteiger partial charge >= 0.3 is 5.97 Å².